The first-order valence-corrected chi connectivity index (χ1v) is 7.63. The lowest BCUT2D eigenvalue weighted by Crippen LogP contribution is -2.10. The van der Waals surface area contributed by atoms with Crippen molar-refractivity contribution in [3.8, 4) is 5.75 Å². The molecule has 3 aromatic rings. The first-order chi connectivity index (χ1) is 10.6. The van der Waals surface area contributed by atoms with Crippen LogP contribution in [-0.4, -0.2) is 5.91 Å². The van der Waals surface area contributed by atoms with Gasteiger partial charge in [0.1, 0.15) is 12.4 Å². The number of fused-ring (bicyclic) bond motifs is 1. The molecule has 0 spiro atoms. The Bertz CT molecular complexity index is 828. The third-order valence-corrected chi connectivity index (χ3v) is 4.28. The minimum absolute atomic E-state index is 0.426. The molecule has 0 aliphatic heterocycles. The molecule has 3 rings (SSSR count). The number of amides is 1. The average molecular weight is 356 g/mol. The van der Waals surface area contributed by atoms with Gasteiger partial charge in [0, 0.05) is 5.56 Å². The number of halogens is 1. The van der Waals surface area contributed by atoms with Crippen molar-refractivity contribution >= 4 is 32.6 Å². The van der Waals surface area contributed by atoms with E-state index >= 15 is 0 Å². The molecule has 0 unspecified atom stereocenters. The molecule has 3 aromatic carbocycles. The second-order valence-electron chi connectivity index (χ2n) is 4.95. The first kappa shape index (κ1) is 14.6. The maximum absolute atomic E-state index is 11.0. The first-order valence-electron chi connectivity index (χ1n) is 6.84. The van der Waals surface area contributed by atoms with Crippen molar-refractivity contribution < 1.29 is 9.53 Å². The van der Waals surface area contributed by atoms with E-state index < -0.39 is 5.91 Å². The lowest BCUT2D eigenvalue weighted by atomic mass is 10.1. The lowest BCUT2D eigenvalue weighted by Gasteiger charge is -2.10. The van der Waals surface area contributed by atoms with Gasteiger partial charge in [0.05, 0.1) is 4.47 Å². The molecule has 3 nitrogen and oxygen atoms in total. The molecular formula is C18H14BrNO2. The highest BCUT2D eigenvalue weighted by Crippen LogP contribution is 2.33. The lowest BCUT2D eigenvalue weighted by molar-refractivity contribution is 0.1000. The minimum atomic E-state index is -0.426. The number of primary amides is 1. The van der Waals surface area contributed by atoms with E-state index in [1.54, 1.807) is 12.1 Å². The van der Waals surface area contributed by atoms with Crippen molar-refractivity contribution in [2.24, 2.45) is 5.73 Å². The number of carbonyl (C=O) groups excluding carboxylic acids is 1. The molecule has 0 heterocycles. The second kappa shape index (κ2) is 6.20. The van der Waals surface area contributed by atoms with E-state index in [0.717, 1.165) is 26.6 Å². The van der Waals surface area contributed by atoms with E-state index in [-0.39, 0.29) is 0 Å². The molecule has 0 aliphatic rings. The van der Waals surface area contributed by atoms with Crippen LogP contribution in [0.25, 0.3) is 10.8 Å². The van der Waals surface area contributed by atoms with Crippen LogP contribution in [0.2, 0.25) is 0 Å². The minimum Gasteiger partial charge on any atom is -0.488 e. The van der Waals surface area contributed by atoms with Gasteiger partial charge in [0.25, 0.3) is 0 Å². The molecule has 2 N–H and O–H groups in total. The Labute approximate surface area is 136 Å². The SMILES string of the molecule is NC(=O)c1ccc(COc2ccc3ccccc3c2Br)cc1. The maximum atomic E-state index is 11.0. The largest absolute Gasteiger partial charge is 0.488 e. The highest BCUT2D eigenvalue weighted by atomic mass is 79.9. The van der Waals surface area contributed by atoms with Gasteiger partial charge in [-0.25, -0.2) is 0 Å². The predicted octanol–water partition coefficient (Wildman–Crippen LogP) is 4.28. The number of nitrogens with two attached hydrogens (primary N) is 1. The van der Waals surface area contributed by atoms with Gasteiger partial charge >= 0.3 is 0 Å². The van der Waals surface area contributed by atoms with E-state index in [4.69, 9.17) is 10.5 Å². The maximum Gasteiger partial charge on any atom is 0.248 e. The van der Waals surface area contributed by atoms with E-state index in [1.807, 2.05) is 42.5 Å². The molecule has 4 heteroatoms. The zero-order valence-electron chi connectivity index (χ0n) is 11.8. The fourth-order valence-electron chi connectivity index (χ4n) is 2.25. The van der Waals surface area contributed by atoms with Gasteiger partial charge in [-0.3, -0.25) is 4.79 Å². The Kier molecular flexibility index (Phi) is 4.11. The summed E-state index contributed by atoms with van der Waals surface area (Å²) in [6.07, 6.45) is 0. The zero-order chi connectivity index (χ0) is 15.5. The summed E-state index contributed by atoms with van der Waals surface area (Å²) in [7, 11) is 0. The van der Waals surface area contributed by atoms with Crippen molar-refractivity contribution in [3.05, 3.63) is 76.3 Å². The van der Waals surface area contributed by atoms with Crippen LogP contribution in [0.5, 0.6) is 5.75 Å². The summed E-state index contributed by atoms with van der Waals surface area (Å²) < 4.78 is 6.81. The van der Waals surface area contributed by atoms with Gasteiger partial charge in [-0.15, -0.1) is 0 Å². The van der Waals surface area contributed by atoms with E-state index in [9.17, 15) is 4.79 Å². The van der Waals surface area contributed by atoms with E-state index in [0.29, 0.717) is 12.2 Å². The van der Waals surface area contributed by atoms with Crippen LogP contribution < -0.4 is 10.5 Å². The normalized spacial score (nSPS) is 10.6. The van der Waals surface area contributed by atoms with Gasteiger partial charge < -0.3 is 10.5 Å². The Balaban J connectivity index is 1.79. The summed E-state index contributed by atoms with van der Waals surface area (Å²) in [5.74, 6) is 0.363. The van der Waals surface area contributed by atoms with Crippen molar-refractivity contribution in [3.63, 3.8) is 0 Å². The Hall–Kier alpha value is -2.33. The highest BCUT2D eigenvalue weighted by Gasteiger charge is 2.06. The summed E-state index contributed by atoms with van der Waals surface area (Å²) in [6, 6.07) is 19.2. The van der Waals surface area contributed by atoms with Crippen molar-refractivity contribution in [1.29, 1.82) is 0 Å². The van der Waals surface area contributed by atoms with Crippen LogP contribution in [0, 0.1) is 0 Å². The van der Waals surface area contributed by atoms with Crippen LogP contribution in [0.4, 0.5) is 0 Å². The molecule has 22 heavy (non-hydrogen) atoms. The number of ether oxygens (including phenoxy) is 1. The quantitative estimate of drug-likeness (QED) is 0.759. The molecule has 0 saturated heterocycles. The zero-order valence-corrected chi connectivity index (χ0v) is 13.3. The molecule has 0 radical (unpaired) electrons. The molecule has 0 aliphatic carbocycles. The molecule has 0 aromatic heterocycles. The average Bonchev–Trinajstić information content (AvgIpc) is 2.55. The Morgan fingerprint density at radius 3 is 2.45 bits per heavy atom. The second-order valence-corrected chi connectivity index (χ2v) is 5.74. The smallest absolute Gasteiger partial charge is 0.248 e. The summed E-state index contributed by atoms with van der Waals surface area (Å²) in [6.45, 7) is 0.427. The molecule has 0 saturated carbocycles. The predicted molar refractivity (Wildman–Crippen MR) is 90.9 cm³/mol. The topological polar surface area (TPSA) is 52.3 Å². The number of carbonyl (C=O) groups is 1. The van der Waals surface area contributed by atoms with Crippen LogP contribution in [0.3, 0.4) is 0 Å². The van der Waals surface area contributed by atoms with Gasteiger partial charge in [-0.2, -0.15) is 0 Å². The molecule has 0 bridgehead atoms. The summed E-state index contributed by atoms with van der Waals surface area (Å²) >= 11 is 3.60. The molecule has 0 atom stereocenters. The van der Waals surface area contributed by atoms with E-state index in [2.05, 4.69) is 22.0 Å². The van der Waals surface area contributed by atoms with Crippen molar-refractivity contribution in [2.75, 3.05) is 0 Å². The molecule has 110 valence electrons. The molecule has 1 amide bonds. The van der Waals surface area contributed by atoms with Crippen LogP contribution in [0.1, 0.15) is 15.9 Å². The molecular weight excluding hydrogens is 342 g/mol. The summed E-state index contributed by atoms with van der Waals surface area (Å²) in [4.78, 5) is 11.0. The van der Waals surface area contributed by atoms with Crippen molar-refractivity contribution in [1.82, 2.24) is 0 Å². The standard InChI is InChI=1S/C18H14BrNO2/c19-17-15-4-2-1-3-13(15)9-10-16(17)22-11-12-5-7-14(8-6-12)18(20)21/h1-10H,11H2,(H2,20,21). The fourth-order valence-corrected chi connectivity index (χ4v) is 2.86. The highest BCUT2D eigenvalue weighted by molar-refractivity contribution is 9.10. The third-order valence-electron chi connectivity index (χ3n) is 3.46. The van der Waals surface area contributed by atoms with E-state index in [1.165, 1.54) is 0 Å². The molecule has 0 fully saturated rings. The summed E-state index contributed by atoms with van der Waals surface area (Å²) in [5, 5.41) is 2.27. The van der Waals surface area contributed by atoms with Crippen LogP contribution >= 0.6 is 15.9 Å². The van der Waals surface area contributed by atoms with Crippen molar-refractivity contribution in [2.45, 2.75) is 6.61 Å². The fraction of sp³-hybridized carbons (Fsp3) is 0.0556. The van der Waals surface area contributed by atoms with Gasteiger partial charge in [-0.1, -0.05) is 42.5 Å². The Morgan fingerprint density at radius 2 is 1.73 bits per heavy atom. The Morgan fingerprint density at radius 1 is 1.00 bits per heavy atom. The van der Waals surface area contributed by atoms with Gasteiger partial charge in [0.2, 0.25) is 5.91 Å². The summed E-state index contributed by atoms with van der Waals surface area (Å²) in [5.41, 5.74) is 6.70. The van der Waals surface area contributed by atoms with Crippen LogP contribution in [0.15, 0.2) is 65.1 Å². The monoisotopic (exact) mass is 355 g/mol. The number of hydrogen-bond acceptors (Lipinski definition) is 2. The van der Waals surface area contributed by atoms with Gasteiger partial charge in [-0.05, 0) is 50.5 Å². The van der Waals surface area contributed by atoms with Crippen LogP contribution in [-0.2, 0) is 6.61 Å². The number of rotatable bonds is 4. The number of hydrogen-bond donors (Lipinski definition) is 1. The third kappa shape index (κ3) is 2.97. The van der Waals surface area contributed by atoms with Gasteiger partial charge in [0.15, 0.2) is 0 Å². The number of benzene rings is 3.